The molecule has 5 heteroatoms. The first kappa shape index (κ1) is 14.7. The second kappa shape index (κ2) is 6.13. The van der Waals surface area contributed by atoms with Crippen molar-refractivity contribution in [1.29, 1.82) is 0 Å². The summed E-state index contributed by atoms with van der Waals surface area (Å²) in [5.74, 6) is 1.39. The summed E-state index contributed by atoms with van der Waals surface area (Å²) >= 11 is 0. The van der Waals surface area contributed by atoms with E-state index in [-0.39, 0.29) is 0 Å². The lowest BCUT2D eigenvalue weighted by atomic mass is 10.1. The van der Waals surface area contributed by atoms with Crippen LogP contribution in [0.5, 0.6) is 0 Å². The summed E-state index contributed by atoms with van der Waals surface area (Å²) in [7, 11) is 1.95. The van der Waals surface area contributed by atoms with Crippen molar-refractivity contribution >= 4 is 0 Å². The van der Waals surface area contributed by atoms with Crippen LogP contribution in [-0.4, -0.2) is 26.1 Å². The monoisotopic (exact) mass is 273 g/mol. The fourth-order valence-corrected chi connectivity index (χ4v) is 2.17. The number of hydrogen-bond acceptors (Lipinski definition) is 4. The normalized spacial score (nSPS) is 11.3. The molecule has 0 amide bonds. The van der Waals surface area contributed by atoms with Gasteiger partial charge in [-0.2, -0.15) is 0 Å². The summed E-state index contributed by atoms with van der Waals surface area (Å²) in [5, 5.41) is 3.45. The molecule has 0 bridgehead atoms. The number of rotatable bonds is 5. The van der Waals surface area contributed by atoms with Crippen molar-refractivity contribution in [2.75, 3.05) is 6.54 Å². The Balaban J connectivity index is 2.23. The Labute approximate surface area is 120 Å². The molecule has 0 unspecified atom stereocenters. The van der Waals surface area contributed by atoms with E-state index < -0.39 is 0 Å². The Morgan fingerprint density at radius 1 is 1.20 bits per heavy atom. The van der Waals surface area contributed by atoms with Crippen molar-refractivity contribution in [1.82, 2.24) is 24.8 Å². The molecular weight excluding hydrogens is 250 g/mol. The maximum atomic E-state index is 4.62. The molecule has 0 radical (unpaired) electrons. The van der Waals surface area contributed by atoms with Crippen LogP contribution in [0.3, 0.4) is 0 Å². The minimum Gasteiger partial charge on any atom is -0.331 e. The van der Waals surface area contributed by atoms with Crippen molar-refractivity contribution in [2.24, 2.45) is 13.0 Å². The molecule has 0 atom stereocenters. The van der Waals surface area contributed by atoms with Gasteiger partial charge in [-0.1, -0.05) is 13.8 Å². The maximum Gasteiger partial charge on any atom is 0.178 e. The Hall–Kier alpha value is -1.75. The average Bonchev–Trinajstić information content (AvgIpc) is 2.78. The van der Waals surface area contributed by atoms with E-state index in [1.54, 1.807) is 12.5 Å². The Bertz CT molecular complexity index is 563. The summed E-state index contributed by atoms with van der Waals surface area (Å²) in [6, 6.07) is 0. The van der Waals surface area contributed by atoms with Gasteiger partial charge >= 0.3 is 0 Å². The second-order valence-corrected chi connectivity index (χ2v) is 5.61. The number of nitrogens with zero attached hydrogens (tertiary/aromatic N) is 4. The molecule has 0 saturated heterocycles. The highest BCUT2D eigenvalue weighted by atomic mass is 15.1. The summed E-state index contributed by atoms with van der Waals surface area (Å²) in [4.78, 5) is 13.4. The van der Waals surface area contributed by atoms with Gasteiger partial charge < -0.3 is 9.88 Å². The van der Waals surface area contributed by atoms with Crippen LogP contribution in [0.25, 0.3) is 11.5 Å². The first-order chi connectivity index (χ1) is 9.49. The van der Waals surface area contributed by atoms with Crippen LogP contribution < -0.4 is 5.32 Å². The second-order valence-electron chi connectivity index (χ2n) is 5.61. The van der Waals surface area contributed by atoms with Crippen LogP contribution in [0.4, 0.5) is 0 Å². The van der Waals surface area contributed by atoms with Crippen molar-refractivity contribution < 1.29 is 0 Å². The van der Waals surface area contributed by atoms with Gasteiger partial charge in [-0.25, -0.2) is 15.0 Å². The van der Waals surface area contributed by atoms with Crippen molar-refractivity contribution in [2.45, 2.75) is 34.2 Å². The van der Waals surface area contributed by atoms with Gasteiger partial charge in [-0.05, 0) is 26.3 Å². The molecule has 2 aromatic rings. The van der Waals surface area contributed by atoms with Crippen LogP contribution in [0, 0.1) is 19.8 Å². The van der Waals surface area contributed by atoms with Crippen LogP contribution in [0.15, 0.2) is 12.5 Å². The predicted octanol–water partition coefficient (Wildman–Crippen LogP) is 2.24. The van der Waals surface area contributed by atoms with E-state index in [4.69, 9.17) is 0 Å². The van der Waals surface area contributed by atoms with Crippen molar-refractivity contribution in [3.05, 3.63) is 29.5 Å². The molecule has 2 aromatic heterocycles. The molecule has 108 valence electrons. The topological polar surface area (TPSA) is 55.6 Å². The van der Waals surface area contributed by atoms with E-state index in [0.717, 1.165) is 36.0 Å². The van der Waals surface area contributed by atoms with Crippen LogP contribution in [0.2, 0.25) is 0 Å². The van der Waals surface area contributed by atoms with E-state index in [0.29, 0.717) is 5.92 Å². The summed E-state index contributed by atoms with van der Waals surface area (Å²) in [5.41, 5.74) is 4.20. The maximum absolute atomic E-state index is 4.62. The van der Waals surface area contributed by atoms with Gasteiger partial charge in [-0.3, -0.25) is 0 Å². The number of aromatic nitrogens is 4. The van der Waals surface area contributed by atoms with Gasteiger partial charge in [0, 0.05) is 30.5 Å². The zero-order valence-electron chi connectivity index (χ0n) is 12.9. The van der Waals surface area contributed by atoms with Crippen molar-refractivity contribution in [3.8, 4) is 11.5 Å². The molecule has 0 aromatic carbocycles. The molecule has 0 spiro atoms. The minimum absolute atomic E-state index is 0.644. The lowest BCUT2D eigenvalue weighted by Gasteiger charge is -2.13. The number of aryl methyl sites for hydroxylation is 3. The van der Waals surface area contributed by atoms with E-state index in [2.05, 4.69) is 34.1 Å². The molecule has 0 aliphatic heterocycles. The molecule has 0 fully saturated rings. The van der Waals surface area contributed by atoms with Crippen LogP contribution in [0.1, 0.15) is 30.8 Å². The largest absolute Gasteiger partial charge is 0.331 e. The lowest BCUT2D eigenvalue weighted by Crippen LogP contribution is -2.21. The lowest BCUT2D eigenvalue weighted by molar-refractivity contribution is 0.549. The third-order valence-electron chi connectivity index (χ3n) is 3.32. The molecule has 2 heterocycles. The summed E-state index contributed by atoms with van der Waals surface area (Å²) < 4.78 is 1.94. The number of imidazole rings is 1. The van der Waals surface area contributed by atoms with E-state index in [1.807, 2.05) is 25.5 Å². The Morgan fingerprint density at radius 3 is 2.35 bits per heavy atom. The smallest absolute Gasteiger partial charge is 0.178 e. The van der Waals surface area contributed by atoms with E-state index in [1.165, 1.54) is 5.56 Å². The Morgan fingerprint density at radius 2 is 1.85 bits per heavy atom. The third-order valence-corrected chi connectivity index (χ3v) is 3.32. The minimum atomic E-state index is 0.644. The zero-order chi connectivity index (χ0) is 14.7. The number of hydrogen-bond donors (Lipinski definition) is 1. The fourth-order valence-electron chi connectivity index (χ4n) is 2.17. The SMILES string of the molecule is Cc1nc(-c2cncn2C)nc(C)c1CNCC(C)C. The first-order valence-corrected chi connectivity index (χ1v) is 7.00. The molecule has 0 aliphatic carbocycles. The summed E-state index contributed by atoms with van der Waals surface area (Å²) in [6.07, 6.45) is 3.56. The highest BCUT2D eigenvalue weighted by molar-refractivity contribution is 5.49. The standard InChI is InChI=1S/C15H23N5/c1-10(2)6-16-7-13-11(3)18-15(19-12(13)4)14-8-17-9-20(14)5/h8-10,16H,6-7H2,1-5H3. The highest BCUT2D eigenvalue weighted by Gasteiger charge is 2.12. The summed E-state index contributed by atoms with van der Waals surface area (Å²) in [6.45, 7) is 10.3. The highest BCUT2D eigenvalue weighted by Crippen LogP contribution is 2.17. The molecule has 2 rings (SSSR count). The van der Waals surface area contributed by atoms with Gasteiger partial charge in [0.2, 0.25) is 0 Å². The molecule has 5 nitrogen and oxygen atoms in total. The zero-order valence-corrected chi connectivity index (χ0v) is 12.9. The molecular formula is C15H23N5. The third kappa shape index (κ3) is 3.22. The van der Waals surface area contributed by atoms with E-state index in [9.17, 15) is 0 Å². The fraction of sp³-hybridized carbons (Fsp3) is 0.533. The van der Waals surface area contributed by atoms with Gasteiger partial charge in [-0.15, -0.1) is 0 Å². The van der Waals surface area contributed by atoms with Gasteiger partial charge in [0.05, 0.1) is 12.5 Å². The number of nitrogens with one attached hydrogen (secondary N) is 1. The van der Waals surface area contributed by atoms with Crippen LogP contribution >= 0.6 is 0 Å². The predicted molar refractivity (Wildman–Crippen MR) is 80.3 cm³/mol. The van der Waals surface area contributed by atoms with Gasteiger partial charge in [0.25, 0.3) is 0 Å². The Kier molecular flexibility index (Phi) is 4.49. The quantitative estimate of drug-likeness (QED) is 0.907. The molecule has 1 N–H and O–H groups in total. The van der Waals surface area contributed by atoms with Gasteiger partial charge in [0.1, 0.15) is 5.69 Å². The molecule has 0 saturated carbocycles. The van der Waals surface area contributed by atoms with Crippen LogP contribution in [-0.2, 0) is 13.6 Å². The molecule has 0 aliphatic rings. The van der Waals surface area contributed by atoms with Crippen molar-refractivity contribution in [3.63, 3.8) is 0 Å². The average molecular weight is 273 g/mol. The van der Waals surface area contributed by atoms with Gasteiger partial charge in [0.15, 0.2) is 5.82 Å². The molecule has 20 heavy (non-hydrogen) atoms. The first-order valence-electron chi connectivity index (χ1n) is 7.00. The van der Waals surface area contributed by atoms with E-state index >= 15 is 0 Å².